The Morgan fingerprint density at radius 1 is 1.50 bits per heavy atom. The number of nitrogens with two attached hydrogens (primary N) is 1. The van der Waals surface area contributed by atoms with E-state index in [1.165, 1.54) is 6.42 Å². The SMILES string of the molecule is CC1CN(C(=O)C[C@@H]2CCC[C@H]2N)CCS1. The van der Waals surface area contributed by atoms with E-state index < -0.39 is 0 Å². The molecule has 1 aliphatic heterocycles. The second kappa shape index (κ2) is 5.41. The Morgan fingerprint density at radius 2 is 2.31 bits per heavy atom. The van der Waals surface area contributed by atoms with Crippen LogP contribution in [0.15, 0.2) is 0 Å². The molecule has 0 aromatic carbocycles. The summed E-state index contributed by atoms with van der Waals surface area (Å²) >= 11 is 1.96. The van der Waals surface area contributed by atoms with Gasteiger partial charge in [0.2, 0.25) is 5.91 Å². The van der Waals surface area contributed by atoms with Gasteiger partial charge in [0.15, 0.2) is 0 Å². The predicted octanol–water partition coefficient (Wildman–Crippen LogP) is 1.47. The fourth-order valence-electron chi connectivity index (χ4n) is 2.72. The van der Waals surface area contributed by atoms with Gasteiger partial charge in [-0.15, -0.1) is 0 Å². The summed E-state index contributed by atoms with van der Waals surface area (Å²) in [5.41, 5.74) is 6.01. The van der Waals surface area contributed by atoms with Crippen molar-refractivity contribution in [2.75, 3.05) is 18.8 Å². The second-order valence-electron chi connectivity index (χ2n) is 5.08. The number of rotatable bonds is 2. The molecule has 1 heterocycles. The van der Waals surface area contributed by atoms with Gasteiger partial charge in [-0.2, -0.15) is 11.8 Å². The zero-order valence-electron chi connectivity index (χ0n) is 10.0. The van der Waals surface area contributed by atoms with E-state index in [1.54, 1.807) is 0 Å². The molecule has 0 spiro atoms. The van der Waals surface area contributed by atoms with Crippen LogP contribution in [0.2, 0.25) is 0 Å². The third kappa shape index (κ3) is 2.92. The van der Waals surface area contributed by atoms with Crippen LogP contribution in [0.4, 0.5) is 0 Å². The molecule has 2 N–H and O–H groups in total. The van der Waals surface area contributed by atoms with Crippen LogP contribution in [-0.2, 0) is 4.79 Å². The Bertz CT molecular complexity index is 259. The zero-order chi connectivity index (χ0) is 11.5. The number of carbonyl (C=O) groups excluding carboxylic acids is 1. The first-order valence-corrected chi connectivity index (χ1v) is 7.36. The van der Waals surface area contributed by atoms with E-state index in [0.29, 0.717) is 23.5 Å². The highest BCUT2D eigenvalue weighted by Gasteiger charge is 2.29. The van der Waals surface area contributed by atoms with Crippen molar-refractivity contribution in [3.63, 3.8) is 0 Å². The lowest BCUT2D eigenvalue weighted by Crippen LogP contribution is -2.42. The summed E-state index contributed by atoms with van der Waals surface area (Å²) in [4.78, 5) is 14.1. The minimum atomic E-state index is 0.264. The number of hydrogen-bond donors (Lipinski definition) is 1. The summed E-state index contributed by atoms with van der Waals surface area (Å²) < 4.78 is 0. The maximum atomic E-state index is 12.1. The molecule has 1 amide bonds. The van der Waals surface area contributed by atoms with Gasteiger partial charge in [0.25, 0.3) is 0 Å². The van der Waals surface area contributed by atoms with Crippen molar-refractivity contribution >= 4 is 17.7 Å². The second-order valence-corrected chi connectivity index (χ2v) is 6.63. The van der Waals surface area contributed by atoms with Crippen molar-refractivity contribution in [1.82, 2.24) is 4.90 Å². The summed E-state index contributed by atoms with van der Waals surface area (Å²) in [7, 11) is 0. The minimum absolute atomic E-state index is 0.264. The molecule has 92 valence electrons. The Hall–Kier alpha value is -0.220. The van der Waals surface area contributed by atoms with Crippen molar-refractivity contribution in [3.05, 3.63) is 0 Å². The molecule has 2 rings (SSSR count). The number of thioether (sulfide) groups is 1. The van der Waals surface area contributed by atoms with E-state index in [-0.39, 0.29) is 6.04 Å². The monoisotopic (exact) mass is 242 g/mol. The van der Waals surface area contributed by atoms with Crippen LogP contribution in [0.25, 0.3) is 0 Å². The van der Waals surface area contributed by atoms with Gasteiger partial charge in [0.1, 0.15) is 0 Å². The molecule has 1 aliphatic carbocycles. The average Bonchev–Trinajstić information content (AvgIpc) is 2.64. The molecule has 0 aromatic heterocycles. The van der Waals surface area contributed by atoms with Crippen LogP contribution in [0.1, 0.15) is 32.6 Å². The lowest BCUT2D eigenvalue weighted by Gasteiger charge is -2.31. The van der Waals surface area contributed by atoms with Gasteiger partial charge >= 0.3 is 0 Å². The zero-order valence-corrected chi connectivity index (χ0v) is 10.8. The van der Waals surface area contributed by atoms with E-state index in [0.717, 1.165) is 31.7 Å². The van der Waals surface area contributed by atoms with E-state index in [1.807, 2.05) is 16.7 Å². The van der Waals surface area contributed by atoms with Crippen LogP contribution in [0.3, 0.4) is 0 Å². The first kappa shape index (κ1) is 12.2. The molecule has 0 aromatic rings. The average molecular weight is 242 g/mol. The van der Waals surface area contributed by atoms with E-state index >= 15 is 0 Å². The number of nitrogens with zero attached hydrogens (tertiary/aromatic N) is 1. The predicted molar refractivity (Wildman–Crippen MR) is 68.4 cm³/mol. The van der Waals surface area contributed by atoms with Crippen LogP contribution < -0.4 is 5.73 Å². The quantitative estimate of drug-likeness (QED) is 0.797. The molecule has 0 radical (unpaired) electrons. The van der Waals surface area contributed by atoms with Gasteiger partial charge in [-0.3, -0.25) is 4.79 Å². The van der Waals surface area contributed by atoms with Crippen LogP contribution in [-0.4, -0.2) is 40.9 Å². The van der Waals surface area contributed by atoms with Gasteiger partial charge in [0, 0.05) is 36.6 Å². The van der Waals surface area contributed by atoms with Crippen molar-refractivity contribution in [2.24, 2.45) is 11.7 Å². The maximum Gasteiger partial charge on any atom is 0.222 e. The van der Waals surface area contributed by atoms with Gasteiger partial charge in [0.05, 0.1) is 0 Å². The first-order valence-electron chi connectivity index (χ1n) is 6.32. The normalized spacial score (nSPS) is 35.4. The molecule has 1 unspecified atom stereocenters. The Balaban J connectivity index is 1.82. The molecule has 4 heteroatoms. The molecule has 1 saturated carbocycles. The van der Waals surface area contributed by atoms with Crippen LogP contribution in [0.5, 0.6) is 0 Å². The van der Waals surface area contributed by atoms with Gasteiger partial charge < -0.3 is 10.6 Å². The van der Waals surface area contributed by atoms with E-state index in [2.05, 4.69) is 6.92 Å². The van der Waals surface area contributed by atoms with Crippen molar-refractivity contribution in [2.45, 2.75) is 43.9 Å². The van der Waals surface area contributed by atoms with Gasteiger partial charge in [-0.1, -0.05) is 13.3 Å². The smallest absolute Gasteiger partial charge is 0.222 e. The molecule has 1 saturated heterocycles. The summed E-state index contributed by atoms with van der Waals surface area (Å²) in [6.07, 6.45) is 4.12. The molecule has 3 atom stereocenters. The fraction of sp³-hybridized carbons (Fsp3) is 0.917. The van der Waals surface area contributed by atoms with Crippen molar-refractivity contribution < 1.29 is 4.79 Å². The van der Waals surface area contributed by atoms with Gasteiger partial charge in [-0.25, -0.2) is 0 Å². The maximum absolute atomic E-state index is 12.1. The standard InChI is InChI=1S/C12H22N2OS/c1-9-8-14(5-6-16-9)12(15)7-10-3-2-4-11(10)13/h9-11H,2-8,13H2,1H3/t9?,10-,11+/m0/s1. The highest BCUT2D eigenvalue weighted by molar-refractivity contribution is 7.99. The minimum Gasteiger partial charge on any atom is -0.341 e. The molecular weight excluding hydrogens is 220 g/mol. The number of carbonyl (C=O) groups is 1. The van der Waals surface area contributed by atoms with Crippen molar-refractivity contribution in [1.29, 1.82) is 0 Å². The van der Waals surface area contributed by atoms with E-state index in [9.17, 15) is 4.79 Å². The molecule has 2 fully saturated rings. The highest BCUT2D eigenvalue weighted by atomic mass is 32.2. The van der Waals surface area contributed by atoms with Gasteiger partial charge in [-0.05, 0) is 18.8 Å². The Kier molecular flexibility index (Phi) is 4.14. The molecular formula is C12H22N2OS. The van der Waals surface area contributed by atoms with Crippen molar-refractivity contribution in [3.8, 4) is 0 Å². The lowest BCUT2D eigenvalue weighted by molar-refractivity contribution is -0.132. The third-order valence-electron chi connectivity index (χ3n) is 3.75. The van der Waals surface area contributed by atoms with E-state index in [4.69, 9.17) is 5.73 Å². The Morgan fingerprint density at radius 3 is 2.94 bits per heavy atom. The molecule has 16 heavy (non-hydrogen) atoms. The summed E-state index contributed by atoms with van der Waals surface area (Å²) in [5.74, 6) is 1.86. The highest BCUT2D eigenvalue weighted by Crippen LogP contribution is 2.28. The molecule has 3 nitrogen and oxygen atoms in total. The topological polar surface area (TPSA) is 46.3 Å². The number of amides is 1. The fourth-order valence-corrected chi connectivity index (χ4v) is 3.73. The molecule has 2 aliphatic rings. The summed E-state index contributed by atoms with van der Waals surface area (Å²) in [5, 5.41) is 0.593. The third-order valence-corrected chi connectivity index (χ3v) is 4.88. The lowest BCUT2D eigenvalue weighted by atomic mass is 9.99. The first-order chi connectivity index (χ1) is 7.66. The summed E-state index contributed by atoms with van der Waals surface area (Å²) in [6, 6.07) is 0.264. The van der Waals surface area contributed by atoms with Crippen LogP contribution in [0, 0.1) is 5.92 Å². The Labute approximate surface area is 102 Å². The molecule has 0 bridgehead atoms. The number of hydrogen-bond acceptors (Lipinski definition) is 3. The largest absolute Gasteiger partial charge is 0.341 e. The summed E-state index contributed by atoms with van der Waals surface area (Å²) in [6.45, 7) is 4.05. The van der Waals surface area contributed by atoms with Crippen LogP contribution >= 0.6 is 11.8 Å².